The maximum absolute atomic E-state index is 14.8. The topological polar surface area (TPSA) is 96.8 Å². The fourth-order valence-corrected chi connectivity index (χ4v) is 4.20. The Kier molecular flexibility index (Phi) is 4.61. The molecule has 162 valence electrons. The van der Waals surface area contributed by atoms with Crippen molar-refractivity contribution in [2.24, 2.45) is 0 Å². The molecule has 2 aromatic heterocycles. The smallest absolute Gasteiger partial charge is 0.272 e. The number of carbonyl (C=O) groups is 1. The van der Waals surface area contributed by atoms with Crippen molar-refractivity contribution >= 4 is 16.7 Å². The summed E-state index contributed by atoms with van der Waals surface area (Å²) < 4.78 is 16.5. The van der Waals surface area contributed by atoms with Gasteiger partial charge in [-0.2, -0.15) is 5.10 Å². The van der Waals surface area contributed by atoms with E-state index < -0.39 is 11.4 Å². The van der Waals surface area contributed by atoms with E-state index in [1.807, 2.05) is 26.0 Å². The molecule has 1 aliphatic rings. The van der Waals surface area contributed by atoms with Gasteiger partial charge in [0.05, 0.1) is 47.2 Å². The van der Waals surface area contributed by atoms with E-state index in [-0.39, 0.29) is 17.0 Å². The maximum Gasteiger partial charge on any atom is 0.272 e. The summed E-state index contributed by atoms with van der Waals surface area (Å²) in [5.74, 6) is -0.966. The molecule has 5 rings (SSSR count). The summed E-state index contributed by atoms with van der Waals surface area (Å²) in [4.78, 5) is 27.1. The van der Waals surface area contributed by atoms with Crippen molar-refractivity contribution in [1.29, 1.82) is 0 Å². The second-order valence-electron chi connectivity index (χ2n) is 8.62. The molecule has 32 heavy (non-hydrogen) atoms. The summed E-state index contributed by atoms with van der Waals surface area (Å²) in [5.41, 5.74) is 1.36. The van der Waals surface area contributed by atoms with E-state index in [0.717, 1.165) is 16.6 Å². The highest BCUT2D eigenvalue weighted by molar-refractivity contribution is 5.95. The first kappa shape index (κ1) is 20.0. The number of H-pyrrole nitrogens is 1. The molecule has 0 radical (unpaired) electrons. The van der Waals surface area contributed by atoms with Crippen LogP contribution in [0.5, 0.6) is 0 Å². The maximum atomic E-state index is 14.8. The average molecular weight is 432 g/mol. The minimum absolute atomic E-state index is 0.00484. The number of amides is 1. The number of benzene rings is 2. The summed E-state index contributed by atoms with van der Waals surface area (Å²) in [6.45, 7) is 4.62. The van der Waals surface area contributed by atoms with Crippen LogP contribution in [0.4, 0.5) is 4.39 Å². The van der Waals surface area contributed by atoms with E-state index >= 15 is 0 Å². The number of fused-ring (bicyclic) bond motifs is 2. The Labute approximate surface area is 182 Å². The van der Waals surface area contributed by atoms with E-state index in [0.29, 0.717) is 30.6 Å². The van der Waals surface area contributed by atoms with Crippen LogP contribution in [0.2, 0.25) is 0 Å². The lowest BCUT2D eigenvalue weighted by atomic mass is 9.97. The minimum atomic E-state index is -0.578. The monoisotopic (exact) mass is 432 g/mol. The Balaban J connectivity index is 1.49. The third kappa shape index (κ3) is 3.35. The number of nitrogens with zero attached hydrogens (tertiary/aromatic N) is 5. The predicted octanol–water partition coefficient (Wildman–Crippen LogP) is 2.68. The van der Waals surface area contributed by atoms with Gasteiger partial charge in [0.2, 0.25) is 0 Å². The van der Waals surface area contributed by atoms with Gasteiger partial charge in [-0.3, -0.25) is 9.59 Å². The molecule has 9 heteroatoms. The van der Waals surface area contributed by atoms with Crippen molar-refractivity contribution in [3.63, 3.8) is 0 Å². The van der Waals surface area contributed by atoms with Crippen molar-refractivity contribution in [2.75, 3.05) is 0 Å². The van der Waals surface area contributed by atoms with Crippen molar-refractivity contribution in [3.05, 3.63) is 87.3 Å². The number of aromatic nitrogens is 5. The number of aromatic amines is 1. The highest BCUT2D eigenvalue weighted by Crippen LogP contribution is 2.28. The summed E-state index contributed by atoms with van der Waals surface area (Å²) in [6, 6.07) is 11.7. The van der Waals surface area contributed by atoms with Gasteiger partial charge in [0.15, 0.2) is 0 Å². The molecule has 4 aromatic rings. The SMILES string of the molecule is CC1(C)Cn2nncc2CN1C(=O)c1cc(Cc2n[nH]c(=O)c3ccccc23)ccc1F. The lowest BCUT2D eigenvalue weighted by Gasteiger charge is -2.42. The summed E-state index contributed by atoms with van der Waals surface area (Å²) >= 11 is 0. The molecule has 0 fully saturated rings. The Morgan fingerprint density at radius 3 is 2.78 bits per heavy atom. The van der Waals surface area contributed by atoms with Crippen LogP contribution < -0.4 is 5.56 Å². The van der Waals surface area contributed by atoms with Gasteiger partial charge >= 0.3 is 0 Å². The number of carbonyl (C=O) groups excluding carboxylic acids is 1. The Bertz CT molecular complexity index is 1410. The van der Waals surface area contributed by atoms with Gasteiger partial charge in [0.25, 0.3) is 11.5 Å². The minimum Gasteiger partial charge on any atom is -0.326 e. The highest BCUT2D eigenvalue weighted by Gasteiger charge is 2.38. The van der Waals surface area contributed by atoms with Gasteiger partial charge in [-0.15, -0.1) is 5.10 Å². The zero-order chi connectivity index (χ0) is 22.5. The first-order valence-electron chi connectivity index (χ1n) is 10.3. The summed E-state index contributed by atoms with van der Waals surface area (Å²) in [7, 11) is 0. The van der Waals surface area contributed by atoms with Gasteiger partial charge in [-0.1, -0.05) is 29.5 Å². The van der Waals surface area contributed by atoms with Crippen LogP contribution in [0.3, 0.4) is 0 Å². The number of rotatable bonds is 3. The molecule has 0 bridgehead atoms. The fraction of sp³-hybridized carbons (Fsp3) is 0.261. The molecule has 0 saturated carbocycles. The van der Waals surface area contributed by atoms with Crippen molar-refractivity contribution in [2.45, 2.75) is 38.9 Å². The van der Waals surface area contributed by atoms with Crippen LogP contribution in [0.1, 0.15) is 41.2 Å². The molecule has 0 spiro atoms. The highest BCUT2D eigenvalue weighted by atomic mass is 19.1. The Hall–Kier alpha value is -3.88. The van der Waals surface area contributed by atoms with Gasteiger partial charge in [0, 0.05) is 11.8 Å². The third-order valence-corrected chi connectivity index (χ3v) is 5.94. The fourth-order valence-electron chi connectivity index (χ4n) is 4.20. The van der Waals surface area contributed by atoms with E-state index in [4.69, 9.17) is 0 Å². The lowest BCUT2D eigenvalue weighted by molar-refractivity contribution is 0.0373. The van der Waals surface area contributed by atoms with Gasteiger partial charge in [0.1, 0.15) is 5.82 Å². The average Bonchev–Trinajstić information content (AvgIpc) is 3.22. The quantitative estimate of drug-likeness (QED) is 0.537. The molecule has 3 heterocycles. The van der Waals surface area contributed by atoms with E-state index in [1.54, 1.807) is 40.0 Å². The molecule has 8 nitrogen and oxygen atoms in total. The third-order valence-electron chi connectivity index (χ3n) is 5.94. The first-order chi connectivity index (χ1) is 15.3. The van der Waals surface area contributed by atoms with Crippen molar-refractivity contribution in [1.82, 2.24) is 30.1 Å². The molecule has 1 amide bonds. The summed E-state index contributed by atoms with van der Waals surface area (Å²) in [6.07, 6.45) is 1.97. The van der Waals surface area contributed by atoms with Crippen LogP contribution in [-0.4, -0.2) is 41.5 Å². The van der Waals surface area contributed by atoms with Crippen molar-refractivity contribution < 1.29 is 9.18 Å². The predicted molar refractivity (Wildman–Crippen MR) is 116 cm³/mol. The van der Waals surface area contributed by atoms with Crippen molar-refractivity contribution in [3.8, 4) is 0 Å². The lowest BCUT2D eigenvalue weighted by Crippen LogP contribution is -2.53. The molecule has 0 unspecified atom stereocenters. The molecule has 0 aliphatic carbocycles. The largest absolute Gasteiger partial charge is 0.326 e. The molecule has 2 aromatic carbocycles. The van der Waals surface area contributed by atoms with Crippen LogP contribution in [0, 0.1) is 5.82 Å². The second kappa shape index (κ2) is 7.37. The van der Waals surface area contributed by atoms with Gasteiger partial charge in [-0.25, -0.2) is 14.2 Å². The number of hydrogen-bond acceptors (Lipinski definition) is 5. The van der Waals surface area contributed by atoms with Crippen LogP contribution in [-0.2, 0) is 19.5 Å². The molecular weight excluding hydrogens is 411 g/mol. The van der Waals surface area contributed by atoms with E-state index in [2.05, 4.69) is 20.5 Å². The molecule has 1 N–H and O–H groups in total. The summed E-state index contributed by atoms with van der Waals surface area (Å²) in [5, 5.41) is 15.9. The van der Waals surface area contributed by atoms with Crippen LogP contribution >= 0.6 is 0 Å². The van der Waals surface area contributed by atoms with Gasteiger partial charge in [-0.05, 0) is 37.6 Å². The zero-order valence-corrected chi connectivity index (χ0v) is 17.7. The standard InChI is InChI=1S/C23H21FN6O2/c1-23(2)13-30-15(11-25-28-30)12-29(23)22(32)18-9-14(7-8-19(18)24)10-20-16-5-3-4-6-17(16)21(31)27-26-20/h3-9,11H,10,12-13H2,1-2H3,(H,27,31). The molecule has 0 atom stereocenters. The van der Waals surface area contributed by atoms with E-state index in [1.165, 1.54) is 6.07 Å². The first-order valence-corrected chi connectivity index (χ1v) is 10.3. The normalized spacial score (nSPS) is 15.0. The molecular formula is C23H21FN6O2. The molecule has 0 saturated heterocycles. The number of hydrogen-bond donors (Lipinski definition) is 1. The Morgan fingerprint density at radius 2 is 1.97 bits per heavy atom. The zero-order valence-electron chi connectivity index (χ0n) is 17.7. The van der Waals surface area contributed by atoms with Crippen LogP contribution in [0.25, 0.3) is 10.8 Å². The second-order valence-corrected chi connectivity index (χ2v) is 8.62. The molecule has 1 aliphatic heterocycles. The van der Waals surface area contributed by atoms with Crippen LogP contribution in [0.15, 0.2) is 53.5 Å². The Morgan fingerprint density at radius 1 is 1.19 bits per heavy atom. The number of halogens is 1. The van der Waals surface area contributed by atoms with Gasteiger partial charge < -0.3 is 4.90 Å². The number of nitrogens with one attached hydrogen (secondary N) is 1. The van der Waals surface area contributed by atoms with E-state index in [9.17, 15) is 14.0 Å².